The van der Waals surface area contributed by atoms with E-state index >= 15 is 0 Å². The molecule has 0 bridgehead atoms. The summed E-state index contributed by atoms with van der Waals surface area (Å²) in [6.07, 6.45) is 7.67. The molecule has 2 heteroatoms. The lowest BCUT2D eigenvalue weighted by Crippen LogP contribution is -2.29. The molecular formula is C22H22O2. The first-order valence-electron chi connectivity index (χ1n) is 8.69. The molecule has 2 nitrogen and oxygen atoms in total. The van der Waals surface area contributed by atoms with Crippen molar-refractivity contribution in [1.82, 2.24) is 0 Å². The minimum atomic E-state index is -0.0330. The van der Waals surface area contributed by atoms with E-state index in [1.807, 2.05) is 0 Å². The van der Waals surface area contributed by atoms with E-state index in [0.29, 0.717) is 12.0 Å². The van der Waals surface area contributed by atoms with Gasteiger partial charge in [-0.3, -0.25) is 9.59 Å². The number of carbonyl (C=O) groups excluding carboxylic acids is 2. The van der Waals surface area contributed by atoms with Gasteiger partial charge >= 0.3 is 0 Å². The van der Waals surface area contributed by atoms with Crippen molar-refractivity contribution in [2.24, 2.45) is 0 Å². The number of carbonyl (C=O) groups is 2. The Balaban J connectivity index is 1.99. The summed E-state index contributed by atoms with van der Waals surface area (Å²) in [5, 5.41) is 0. The van der Waals surface area contributed by atoms with E-state index in [1.165, 1.54) is 34.4 Å². The van der Waals surface area contributed by atoms with Crippen LogP contribution < -0.4 is 0 Å². The average Bonchev–Trinajstić information content (AvgIpc) is 2.55. The molecule has 0 fully saturated rings. The lowest BCUT2D eigenvalue weighted by atomic mass is 9.65. The molecule has 0 amide bonds. The minimum Gasteiger partial charge on any atom is -0.290 e. The Morgan fingerprint density at radius 3 is 2.50 bits per heavy atom. The number of hydrogen-bond acceptors (Lipinski definition) is 2. The Hall–Kier alpha value is -2.22. The van der Waals surface area contributed by atoms with Gasteiger partial charge in [0.05, 0.1) is 0 Å². The first-order valence-corrected chi connectivity index (χ1v) is 8.69. The first-order chi connectivity index (χ1) is 11.4. The molecule has 0 aliphatic heterocycles. The number of aryl methyl sites for hydroxylation is 1. The number of rotatable bonds is 0. The van der Waals surface area contributed by atoms with Gasteiger partial charge in [-0.05, 0) is 53.5 Å². The maximum absolute atomic E-state index is 12.7. The standard InChI is InChI=1S/C22H22O2/c1-22(2,3)16-6-4-5-13-7-8-14-9-10-15-17(23)11-12-18(24)21(15)20(14)19(13)16/h4-6,9,11-12,20H,7-8,10H2,1-3H3/t20-/m1/s1. The van der Waals surface area contributed by atoms with Gasteiger partial charge in [0.1, 0.15) is 0 Å². The molecule has 0 N–H and O–H groups in total. The van der Waals surface area contributed by atoms with Crippen molar-refractivity contribution >= 4 is 11.6 Å². The molecule has 0 heterocycles. The Bertz CT molecular complexity index is 856. The predicted octanol–water partition coefficient (Wildman–Crippen LogP) is 4.35. The van der Waals surface area contributed by atoms with Crippen LogP contribution in [0.25, 0.3) is 0 Å². The molecule has 4 rings (SSSR count). The van der Waals surface area contributed by atoms with Gasteiger partial charge in [-0.25, -0.2) is 0 Å². The largest absolute Gasteiger partial charge is 0.290 e. The summed E-state index contributed by atoms with van der Waals surface area (Å²) in [6, 6.07) is 6.49. The van der Waals surface area contributed by atoms with Crippen LogP contribution in [0.4, 0.5) is 0 Å². The van der Waals surface area contributed by atoms with Crippen molar-refractivity contribution in [2.45, 2.75) is 51.4 Å². The molecule has 0 saturated heterocycles. The molecule has 3 aliphatic carbocycles. The molecule has 24 heavy (non-hydrogen) atoms. The fraction of sp³-hybridized carbons (Fsp3) is 0.364. The lowest BCUT2D eigenvalue weighted by molar-refractivity contribution is -0.115. The zero-order valence-electron chi connectivity index (χ0n) is 14.5. The molecule has 0 spiro atoms. The zero-order chi connectivity index (χ0) is 17.1. The molecule has 0 radical (unpaired) electrons. The molecule has 1 atom stereocenters. The van der Waals surface area contributed by atoms with Gasteiger partial charge in [-0.15, -0.1) is 0 Å². The summed E-state index contributed by atoms with van der Waals surface area (Å²) in [4.78, 5) is 25.0. The van der Waals surface area contributed by atoms with Crippen molar-refractivity contribution in [1.29, 1.82) is 0 Å². The fourth-order valence-electron chi connectivity index (χ4n) is 4.37. The monoisotopic (exact) mass is 318 g/mol. The summed E-state index contributed by atoms with van der Waals surface area (Å²) >= 11 is 0. The third kappa shape index (κ3) is 2.16. The highest BCUT2D eigenvalue weighted by Gasteiger charge is 2.39. The van der Waals surface area contributed by atoms with E-state index in [1.54, 1.807) is 0 Å². The Morgan fingerprint density at radius 1 is 1.00 bits per heavy atom. The van der Waals surface area contributed by atoms with E-state index in [0.717, 1.165) is 18.4 Å². The topological polar surface area (TPSA) is 34.1 Å². The molecule has 122 valence electrons. The summed E-state index contributed by atoms with van der Waals surface area (Å²) in [5.41, 5.74) is 6.64. The van der Waals surface area contributed by atoms with Crippen LogP contribution in [0.3, 0.4) is 0 Å². The minimum absolute atomic E-state index is 0.000244. The maximum Gasteiger partial charge on any atom is 0.183 e. The molecular weight excluding hydrogens is 296 g/mol. The van der Waals surface area contributed by atoms with E-state index in [-0.39, 0.29) is 22.9 Å². The van der Waals surface area contributed by atoms with Gasteiger partial charge in [0.15, 0.2) is 11.6 Å². The van der Waals surface area contributed by atoms with Crippen LogP contribution in [-0.4, -0.2) is 11.6 Å². The van der Waals surface area contributed by atoms with Crippen LogP contribution in [0.2, 0.25) is 0 Å². The predicted molar refractivity (Wildman–Crippen MR) is 95.1 cm³/mol. The van der Waals surface area contributed by atoms with Crippen molar-refractivity contribution in [2.75, 3.05) is 0 Å². The van der Waals surface area contributed by atoms with Crippen molar-refractivity contribution in [3.63, 3.8) is 0 Å². The van der Waals surface area contributed by atoms with Crippen LogP contribution in [0.1, 0.15) is 56.2 Å². The number of benzene rings is 1. The van der Waals surface area contributed by atoms with Crippen molar-refractivity contribution in [3.05, 3.63) is 69.8 Å². The van der Waals surface area contributed by atoms with Crippen LogP contribution in [0.15, 0.2) is 53.1 Å². The zero-order valence-corrected chi connectivity index (χ0v) is 14.5. The summed E-state index contributed by atoms with van der Waals surface area (Å²) in [5.74, 6) is -0.0219. The first kappa shape index (κ1) is 15.3. The van der Waals surface area contributed by atoms with Gasteiger partial charge in [0.2, 0.25) is 0 Å². The third-order valence-electron chi connectivity index (χ3n) is 5.48. The Labute approximate surface area is 143 Å². The number of ketones is 2. The summed E-state index contributed by atoms with van der Waals surface area (Å²) in [6.45, 7) is 6.64. The van der Waals surface area contributed by atoms with E-state index in [2.05, 4.69) is 45.0 Å². The third-order valence-corrected chi connectivity index (χ3v) is 5.48. The second kappa shape index (κ2) is 5.14. The second-order valence-electron chi connectivity index (χ2n) is 8.00. The van der Waals surface area contributed by atoms with E-state index < -0.39 is 0 Å². The van der Waals surface area contributed by atoms with Crippen molar-refractivity contribution < 1.29 is 9.59 Å². The van der Waals surface area contributed by atoms with Gasteiger partial charge < -0.3 is 0 Å². The smallest absolute Gasteiger partial charge is 0.183 e. The SMILES string of the molecule is CC(C)(C)c1cccc2c1[C@H]1C(=CCC3=C1C(=O)C=CC3=O)CC2. The molecule has 1 aromatic rings. The Morgan fingerprint density at radius 2 is 1.75 bits per heavy atom. The lowest BCUT2D eigenvalue weighted by Gasteiger charge is -2.38. The van der Waals surface area contributed by atoms with Crippen LogP contribution in [-0.2, 0) is 21.4 Å². The van der Waals surface area contributed by atoms with Crippen LogP contribution in [0.5, 0.6) is 0 Å². The highest BCUT2D eigenvalue weighted by atomic mass is 16.1. The second-order valence-corrected chi connectivity index (χ2v) is 8.00. The van der Waals surface area contributed by atoms with Crippen LogP contribution >= 0.6 is 0 Å². The molecule has 0 aromatic heterocycles. The van der Waals surface area contributed by atoms with Crippen LogP contribution in [0, 0.1) is 0 Å². The fourth-order valence-corrected chi connectivity index (χ4v) is 4.37. The number of fused-ring (bicyclic) bond motifs is 4. The highest BCUT2D eigenvalue weighted by Crippen LogP contribution is 2.49. The van der Waals surface area contributed by atoms with Gasteiger partial charge in [-0.1, -0.05) is 50.6 Å². The molecule has 0 unspecified atom stereocenters. The normalized spacial score (nSPS) is 22.8. The summed E-state index contributed by atoms with van der Waals surface area (Å²) < 4.78 is 0. The van der Waals surface area contributed by atoms with Crippen molar-refractivity contribution in [3.8, 4) is 0 Å². The van der Waals surface area contributed by atoms with Gasteiger partial charge in [0, 0.05) is 17.1 Å². The number of allylic oxidation sites excluding steroid dienone is 6. The quantitative estimate of drug-likeness (QED) is 0.526. The number of hydrogen-bond donors (Lipinski definition) is 0. The average molecular weight is 318 g/mol. The van der Waals surface area contributed by atoms with Gasteiger partial charge in [-0.2, -0.15) is 0 Å². The molecule has 0 saturated carbocycles. The molecule has 3 aliphatic rings. The summed E-state index contributed by atoms with van der Waals surface area (Å²) in [7, 11) is 0. The molecule has 1 aromatic carbocycles. The van der Waals surface area contributed by atoms with E-state index in [9.17, 15) is 9.59 Å². The maximum atomic E-state index is 12.7. The van der Waals surface area contributed by atoms with Gasteiger partial charge in [0.25, 0.3) is 0 Å². The van der Waals surface area contributed by atoms with E-state index in [4.69, 9.17) is 0 Å². The highest BCUT2D eigenvalue weighted by molar-refractivity contribution is 6.21. The Kier molecular flexibility index (Phi) is 3.28.